The Hall–Kier alpha value is -0.380. The lowest BCUT2D eigenvalue weighted by Crippen LogP contribution is -2.14. The number of rotatable bonds is 4. The smallest absolute Gasteiger partial charge is 0.147 e. The van der Waals surface area contributed by atoms with Gasteiger partial charge in [-0.2, -0.15) is 0 Å². The molecule has 0 aromatic heterocycles. The number of Topliss-reactive ketones (excluding diaryl/α,β-unsaturated/α-hetero) is 1. The predicted octanol–water partition coefficient (Wildman–Crippen LogP) is 1.57. The molecule has 1 fully saturated rings. The number of carbonyl (C=O) groups is 1. The minimum absolute atomic E-state index is 0.0712. The van der Waals surface area contributed by atoms with Crippen LogP contribution in [0.25, 0.3) is 0 Å². The Balaban J connectivity index is 2.35. The minimum Gasteiger partial charge on any atom is -0.300 e. The van der Waals surface area contributed by atoms with Crippen LogP contribution < -0.4 is 0 Å². The number of sulfone groups is 1. The lowest BCUT2D eigenvalue weighted by atomic mass is 9.84. The number of carbonyl (C=O) groups excluding carboxylic acids is 1. The Labute approximate surface area is 85.8 Å². The molecule has 0 heterocycles. The number of hydrogen-bond donors (Lipinski definition) is 0. The van der Waals surface area contributed by atoms with Crippen molar-refractivity contribution in [3.8, 4) is 0 Å². The average molecular weight is 218 g/mol. The van der Waals surface area contributed by atoms with Crippen molar-refractivity contribution in [2.24, 2.45) is 5.41 Å². The van der Waals surface area contributed by atoms with E-state index < -0.39 is 9.84 Å². The van der Waals surface area contributed by atoms with Crippen LogP contribution in [-0.4, -0.2) is 26.2 Å². The average Bonchev–Trinajstić information content (AvgIpc) is 2.28. The molecule has 1 aliphatic rings. The first kappa shape index (κ1) is 11.7. The highest BCUT2D eigenvalue weighted by Crippen LogP contribution is 2.39. The van der Waals surface area contributed by atoms with Crippen molar-refractivity contribution in [1.29, 1.82) is 0 Å². The summed E-state index contributed by atoms with van der Waals surface area (Å²) in [5, 5.41) is 0. The van der Waals surface area contributed by atoms with Crippen molar-refractivity contribution in [2.45, 2.75) is 39.0 Å². The highest BCUT2D eigenvalue weighted by Gasteiger charge is 2.33. The molecule has 0 aromatic carbocycles. The molecule has 4 heteroatoms. The highest BCUT2D eigenvalue weighted by molar-refractivity contribution is 7.90. The van der Waals surface area contributed by atoms with Crippen LogP contribution in [0, 0.1) is 5.41 Å². The van der Waals surface area contributed by atoms with Crippen LogP contribution in [0.5, 0.6) is 0 Å². The third-order valence-corrected chi connectivity index (χ3v) is 3.96. The van der Waals surface area contributed by atoms with E-state index in [0.717, 1.165) is 12.8 Å². The molecule has 1 atom stereocenters. The zero-order valence-corrected chi connectivity index (χ0v) is 9.69. The van der Waals surface area contributed by atoms with Gasteiger partial charge in [0, 0.05) is 24.9 Å². The van der Waals surface area contributed by atoms with Gasteiger partial charge in [0.1, 0.15) is 15.6 Å². The Morgan fingerprint density at radius 1 is 1.43 bits per heavy atom. The largest absolute Gasteiger partial charge is 0.300 e. The van der Waals surface area contributed by atoms with Gasteiger partial charge in [-0.05, 0) is 24.7 Å². The molecule has 1 saturated carbocycles. The van der Waals surface area contributed by atoms with Crippen molar-refractivity contribution in [3.05, 3.63) is 0 Å². The van der Waals surface area contributed by atoms with Gasteiger partial charge in [-0.3, -0.25) is 4.79 Å². The molecule has 0 radical (unpaired) electrons. The fourth-order valence-electron chi connectivity index (χ4n) is 2.07. The second-order valence-electron chi connectivity index (χ2n) is 4.76. The summed E-state index contributed by atoms with van der Waals surface area (Å²) >= 11 is 0. The van der Waals surface area contributed by atoms with E-state index in [1.807, 2.05) is 0 Å². The van der Waals surface area contributed by atoms with Crippen LogP contribution in [0.1, 0.15) is 39.0 Å². The standard InChI is InChI=1S/C10H18O3S/c1-10(6-4-9(11)8-10)5-3-7-14(2,12)13/h3-8H2,1-2H3. The van der Waals surface area contributed by atoms with Crippen LogP contribution in [-0.2, 0) is 14.6 Å². The van der Waals surface area contributed by atoms with E-state index >= 15 is 0 Å². The van der Waals surface area contributed by atoms with Gasteiger partial charge in [-0.25, -0.2) is 8.42 Å². The SMILES string of the molecule is CC1(CCCS(C)(=O)=O)CCC(=O)C1. The van der Waals surface area contributed by atoms with Gasteiger partial charge in [0.25, 0.3) is 0 Å². The normalized spacial score (nSPS) is 28.3. The first-order chi connectivity index (χ1) is 6.31. The summed E-state index contributed by atoms with van der Waals surface area (Å²) in [7, 11) is -2.84. The Kier molecular flexibility index (Phi) is 3.35. The van der Waals surface area contributed by atoms with Gasteiger partial charge in [-0.1, -0.05) is 6.92 Å². The van der Waals surface area contributed by atoms with Gasteiger partial charge >= 0.3 is 0 Å². The molecule has 0 amide bonds. The summed E-state index contributed by atoms with van der Waals surface area (Å²) in [6.07, 6.45) is 5.03. The number of ketones is 1. The van der Waals surface area contributed by atoms with Crippen molar-refractivity contribution in [3.63, 3.8) is 0 Å². The Bertz CT molecular complexity index is 318. The van der Waals surface area contributed by atoms with E-state index in [2.05, 4.69) is 6.92 Å². The zero-order valence-electron chi connectivity index (χ0n) is 8.88. The molecule has 0 aromatic rings. The van der Waals surface area contributed by atoms with Crippen LogP contribution in [0.4, 0.5) is 0 Å². The molecule has 0 bridgehead atoms. The summed E-state index contributed by atoms with van der Waals surface area (Å²) in [5.41, 5.74) is 0.0712. The zero-order chi connectivity index (χ0) is 10.8. The predicted molar refractivity (Wildman–Crippen MR) is 55.9 cm³/mol. The Morgan fingerprint density at radius 2 is 2.07 bits per heavy atom. The third kappa shape index (κ3) is 3.78. The summed E-state index contributed by atoms with van der Waals surface area (Å²) in [5.74, 6) is 0.573. The van der Waals surface area contributed by atoms with E-state index in [-0.39, 0.29) is 11.2 Å². The Morgan fingerprint density at radius 3 is 2.50 bits per heavy atom. The topological polar surface area (TPSA) is 51.2 Å². The van der Waals surface area contributed by atoms with Crippen molar-refractivity contribution < 1.29 is 13.2 Å². The molecule has 0 N–H and O–H groups in total. The van der Waals surface area contributed by atoms with E-state index in [9.17, 15) is 13.2 Å². The molecule has 0 spiro atoms. The minimum atomic E-state index is -2.84. The molecular formula is C10H18O3S. The van der Waals surface area contributed by atoms with Gasteiger partial charge in [0.05, 0.1) is 0 Å². The fourth-order valence-corrected chi connectivity index (χ4v) is 2.74. The summed E-state index contributed by atoms with van der Waals surface area (Å²) in [6.45, 7) is 2.08. The molecule has 0 aliphatic heterocycles. The van der Waals surface area contributed by atoms with E-state index in [0.29, 0.717) is 25.0 Å². The maximum absolute atomic E-state index is 11.1. The number of hydrogen-bond acceptors (Lipinski definition) is 3. The summed E-state index contributed by atoms with van der Waals surface area (Å²) < 4.78 is 21.8. The molecule has 1 rings (SSSR count). The van der Waals surface area contributed by atoms with Gasteiger partial charge in [0.15, 0.2) is 0 Å². The second kappa shape index (κ2) is 4.01. The first-order valence-electron chi connectivity index (χ1n) is 5.00. The fraction of sp³-hybridized carbons (Fsp3) is 0.900. The van der Waals surface area contributed by atoms with Crippen LogP contribution in [0.15, 0.2) is 0 Å². The van der Waals surface area contributed by atoms with Crippen molar-refractivity contribution in [1.82, 2.24) is 0 Å². The van der Waals surface area contributed by atoms with E-state index in [1.54, 1.807) is 0 Å². The molecule has 1 aliphatic carbocycles. The molecule has 14 heavy (non-hydrogen) atoms. The monoisotopic (exact) mass is 218 g/mol. The van der Waals surface area contributed by atoms with Crippen molar-refractivity contribution >= 4 is 15.6 Å². The van der Waals surface area contributed by atoms with Gasteiger partial charge in [-0.15, -0.1) is 0 Å². The van der Waals surface area contributed by atoms with Crippen molar-refractivity contribution in [2.75, 3.05) is 12.0 Å². The lowest BCUT2D eigenvalue weighted by Gasteiger charge is -2.21. The lowest BCUT2D eigenvalue weighted by molar-refractivity contribution is -0.118. The summed E-state index contributed by atoms with van der Waals surface area (Å²) in [4.78, 5) is 11.1. The van der Waals surface area contributed by atoms with Crippen LogP contribution in [0.3, 0.4) is 0 Å². The maximum atomic E-state index is 11.1. The first-order valence-corrected chi connectivity index (χ1v) is 7.06. The molecule has 0 saturated heterocycles. The van der Waals surface area contributed by atoms with E-state index in [4.69, 9.17) is 0 Å². The van der Waals surface area contributed by atoms with E-state index in [1.165, 1.54) is 6.26 Å². The van der Waals surface area contributed by atoms with Crippen LogP contribution >= 0.6 is 0 Å². The highest BCUT2D eigenvalue weighted by atomic mass is 32.2. The third-order valence-electron chi connectivity index (χ3n) is 2.93. The molecule has 3 nitrogen and oxygen atoms in total. The van der Waals surface area contributed by atoms with Crippen LogP contribution in [0.2, 0.25) is 0 Å². The van der Waals surface area contributed by atoms with Gasteiger partial charge < -0.3 is 0 Å². The maximum Gasteiger partial charge on any atom is 0.147 e. The molecule has 82 valence electrons. The quantitative estimate of drug-likeness (QED) is 0.719. The second-order valence-corrected chi connectivity index (χ2v) is 7.02. The molecule has 1 unspecified atom stereocenters. The van der Waals surface area contributed by atoms with Gasteiger partial charge in [0.2, 0.25) is 0 Å². The summed E-state index contributed by atoms with van der Waals surface area (Å²) in [6, 6.07) is 0. The molecular weight excluding hydrogens is 200 g/mol.